The summed E-state index contributed by atoms with van der Waals surface area (Å²) in [6.07, 6.45) is 3.82. The van der Waals surface area contributed by atoms with E-state index in [0.717, 1.165) is 61.5 Å². The summed E-state index contributed by atoms with van der Waals surface area (Å²) in [5.41, 5.74) is 2.85. The lowest BCUT2D eigenvalue weighted by molar-refractivity contribution is -0.149. The van der Waals surface area contributed by atoms with E-state index in [1.165, 1.54) is 6.42 Å². The Balaban J connectivity index is 1.56. The van der Waals surface area contributed by atoms with Gasteiger partial charge in [0.2, 0.25) is 5.72 Å². The van der Waals surface area contributed by atoms with Crippen LogP contribution in [0.1, 0.15) is 49.8 Å². The first-order chi connectivity index (χ1) is 14.1. The molecule has 0 bridgehead atoms. The van der Waals surface area contributed by atoms with Gasteiger partial charge in [0.15, 0.2) is 0 Å². The molecule has 0 aromatic heterocycles. The van der Waals surface area contributed by atoms with Gasteiger partial charge in [-0.05, 0) is 30.7 Å². The summed E-state index contributed by atoms with van der Waals surface area (Å²) in [6, 6.07) is 14.3. The van der Waals surface area contributed by atoms with Gasteiger partial charge in [-0.3, -0.25) is 0 Å². The molecule has 1 fully saturated rings. The van der Waals surface area contributed by atoms with E-state index in [-0.39, 0.29) is 6.04 Å². The Morgan fingerprint density at radius 2 is 1.90 bits per heavy atom. The molecule has 2 aromatic carbocycles. The molecule has 0 unspecified atom stereocenters. The fraction of sp³-hybridized carbons (Fsp3) is 0.435. The third-order valence-corrected chi connectivity index (χ3v) is 6.80. The molecule has 3 aliphatic rings. The summed E-state index contributed by atoms with van der Waals surface area (Å²) >= 11 is 13.0. The quantitative estimate of drug-likeness (QED) is 0.622. The monoisotopic (exact) mass is 429 g/mol. The molecule has 152 valence electrons. The van der Waals surface area contributed by atoms with Crippen molar-refractivity contribution in [3.63, 3.8) is 0 Å². The van der Waals surface area contributed by atoms with Crippen LogP contribution in [0.3, 0.4) is 0 Å². The molecule has 0 radical (unpaired) electrons. The van der Waals surface area contributed by atoms with Crippen molar-refractivity contribution < 1.29 is 4.74 Å². The molecule has 1 saturated heterocycles. The molecule has 5 rings (SSSR count). The lowest BCUT2D eigenvalue weighted by Crippen LogP contribution is -2.59. The summed E-state index contributed by atoms with van der Waals surface area (Å²) in [5, 5.41) is 8.55. The zero-order valence-corrected chi connectivity index (χ0v) is 18.1. The lowest BCUT2D eigenvalue weighted by Gasteiger charge is -2.51. The number of benzene rings is 2. The number of nitrogens with zero attached hydrogens (tertiary/aromatic N) is 3. The standard InChI is InChI=1S/C23H25Cl2N3O/c1-2-10-27-11-8-23(9-12-27)28-21(15-20(26-28)16-6-4-3-5-7-16)18-13-17(24)14-19(25)22(18)29-23/h3-7,13-14,21H,2,8-12,15H2,1H3/t21-/m1/s1. The summed E-state index contributed by atoms with van der Waals surface area (Å²) < 4.78 is 6.67. The van der Waals surface area contributed by atoms with Crippen LogP contribution in [0.2, 0.25) is 10.0 Å². The van der Waals surface area contributed by atoms with E-state index in [2.05, 4.69) is 41.1 Å². The van der Waals surface area contributed by atoms with E-state index in [9.17, 15) is 0 Å². The van der Waals surface area contributed by atoms with Gasteiger partial charge in [0.05, 0.1) is 16.8 Å². The van der Waals surface area contributed by atoms with Crippen LogP contribution in [0.15, 0.2) is 47.6 Å². The Bertz CT molecular complexity index is 939. The highest BCUT2D eigenvalue weighted by Crippen LogP contribution is 2.52. The number of piperidine rings is 1. The van der Waals surface area contributed by atoms with E-state index in [1.54, 1.807) is 6.07 Å². The molecule has 1 atom stereocenters. The molecule has 0 saturated carbocycles. The van der Waals surface area contributed by atoms with E-state index in [0.29, 0.717) is 10.0 Å². The SMILES string of the molecule is CCCN1CCC2(CC1)Oc1c(Cl)cc(Cl)cc1[C@H]1CC(c3ccccc3)=NN12. The van der Waals surface area contributed by atoms with Gasteiger partial charge in [-0.25, -0.2) is 5.01 Å². The molecule has 4 nitrogen and oxygen atoms in total. The average molecular weight is 430 g/mol. The van der Waals surface area contributed by atoms with Crippen molar-refractivity contribution in [1.82, 2.24) is 9.91 Å². The normalized spacial score (nSPS) is 22.8. The summed E-state index contributed by atoms with van der Waals surface area (Å²) in [6.45, 7) is 5.38. The third-order valence-electron chi connectivity index (χ3n) is 6.30. The van der Waals surface area contributed by atoms with Gasteiger partial charge in [-0.1, -0.05) is 60.5 Å². The van der Waals surface area contributed by atoms with Gasteiger partial charge in [0.25, 0.3) is 0 Å². The Morgan fingerprint density at radius 3 is 2.62 bits per heavy atom. The predicted octanol–water partition coefficient (Wildman–Crippen LogP) is 5.74. The van der Waals surface area contributed by atoms with Gasteiger partial charge in [0.1, 0.15) is 5.75 Å². The van der Waals surface area contributed by atoms with Crippen molar-refractivity contribution >= 4 is 28.9 Å². The second kappa shape index (κ2) is 7.50. The lowest BCUT2D eigenvalue weighted by atomic mass is 9.90. The topological polar surface area (TPSA) is 28.1 Å². The van der Waals surface area contributed by atoms with Gasteiger partial charge in [-0.2, -0.15) is 5.10 Å². The Labute approximate surface area is 182 Å². The highest BCUT2D eigenvalue weighted by atomic mass is 35.5. The number of ether oxygens (including phenoxy) is 1. The minimum absolute atomic E-state index is 0.0999. The zero-order valence-electron chi connectivity index (χ0n) is 16.6. The van der Waals surface area contributed by atoms with Crippen LogP contribution in [0.4, 0.5) is 0 Å². The predicted molar refractivity (Wildman–Crippen MR) is 118 cm³/mol. The molecule has 1 spiro atoms. The number of likely N-dealkylation sites (tertiary alicyclic amines) is 1. The minimum Gasteiger partial charge on any atom is -0.464 e. The van der Waals surface area contributed by atoms with Crippen molar-refractivity contribution in [2.75, 3.05) is 19.6 Å². The maximum absolute atomic E-state index is 6.67. The number of halogens is 2. The Morgan fingerprint density at radius 1 is 1.14 bits per heavy atom. The summed E-state index contributed by atoms with van der Waals surface area (Å²) in [4.78, 5) is 2.51. The summed E-state index contributed by atoms with van der Waals surface area (Å²) in [7, 11) is 0. The third kappa shape index (κ3) is 3.31. The van der Waals surface area contributed by atoms with Gasteiger partial charge in [-0.15, -0.1) is 0 Å². The van der Waals surface area contributed by atoms with Crippen LogP contribution in [0.5, 0.6) is 5.75 Å². The number of hydrazone groups is 1. The van der Waals surface area contributed by atoms with Gasteiger partial charge >= 0.3 is 0 Å². The van der Waals surface area contributed by atoms with Crippen molar-refractivity contribution in [3.8, 4) is 5.75 Å². The van der Waals surface area contributed by atoms with Crippen molar-refractivity contribution in [3.05, 3.63) is 63.6 Å². The number of hydrogen-bond acceptors (Lipinski definition) is 4. The molecule has 0 aliphatic carbocycles. The Kier molecular flexibility index (Phi) is 4.97. The van der Waals surface area contributed by atoms with Crippen LogP contribution < -0.4 is 4.74 Å². The van der Waals surface area contributed by atoms with Crippen molar-refractivity contribution in [2.24, 2.45) is 5.10 Å². The summed E-state index contributed by atoms with van der Waals surface area (Å²) in [5.74, 6) is 0.783. The smallest absolute Gasteiger partial charge is 0.200 e. The largest absolute Gasteiger partial charge is 0.464 e. The number of hydrogen-bond donors (Lipinski definition) is 0. The van der Waals surface area contributed by atoms with Crippen molar-refractivity contribution in [1.29, 1.82) is 0 Å². The average Bonchev–Trinajstić information content (AvgIpc) is 3.19. The maximum atomic E-state index is 6.67. The first-order valence-electron chi connectivity index (χ1n) is 10.4. The van der Waals surface area contributed by atoms with Gasteiger partial charge in [0, 0.05) is 42.9 Å². The minimum atomic E-state index is -0.449. The Hall–Kier alpha value is -1.75. The molecular formula is C23H25Cl2N3O. The van der Waals surface area contributed by atoms with Crippen LogP contribution in [-0.2, 0) is 0 Å². The van der Waals surface area contributed by atoms with Crippen LogP contribution >= 0.6 is 23.2 Å². The number of fused-ring (bicyclic) bond motifs is 4. The van der Waals surface area contributed by atoms with Gasteiger partial charge < -0.3 is 9.64 Å². The molecule has 6 heteroatoms. The fourth-order valence-corrected chi connectivity index (χ4v) is 5.43. The van der Waals surface area contributed by atoms with Crippen LogP contribution in [0, 0.1) is 0 Å². The van der Waals surface area contributed by atoms with Crippen LogP contribution in [-0.4, -0.2) is 41.0 Å². The molecule has 2 aromatic rings. The first kappa shape index (κ1) is 19.2. The highest BCUT2D eigenvalue weighted by Gasteiger charge is 2.52. The first-order valence-corrected chi connectivity index (χ1v) is 11.2. The molecule has 3 heterocycles. The number of rotatable bonds is 3. The maximum Gasteiger partial charge on any atom is 0.200 e. The molecule has 0 N–H and O–H groups in total. The fourth-order valence-electron chi connectivity index (χ4n) is 4.88. The van der Waals surface area contributed by atoms with Crippen LogP contribution in [0.25, 0.3) is 0 Å². The zero-order chi connectivity index (χ0) is 20.0. The second-order valence-corrected chi connectivity index (χ2v) is 9.02. The molecule has 3 aliphatic heterocycles. The highest BCUT2D eigenvalue weighted by molar-refractivity contribution is 6.35. The molecular weight excluding hydrogens is 405 g/mol. The molecule has 29 heavy (non-hydrogen) atoms. The van der Waals surface area contributed by atoms with E-state index in [4.69, 9.17) is 33.0 Å². The second-order valence-electron chi connectivity index (χ2n) is 8.17. The van der Waals surface area contributed by atoms with E-state index in [1.807, 2.05) is 12.1 Å². The van der Waals surface area contributed by atoms with E-state index < -0.39 is 5.72 Å². The van der Waals surface area contributed by atoms with E-state index >= 15 is 0 Å². The molecule has 0 amide bonds. The van der Waals surface area contributed by atoms with Crippen molar-refractivity contribution in [2.45, 2.75) is 44.4 Å².